The van der Waals surface area contributed by atoms with Gasteiger partial charge in [0.25, 0.3) is 5.91 Å². The molecule has 1 amide bonds. The third-order valence-electron chi connectivity index (χ3n) is 3.83. The van der Waals surface area contributed by atoms with Crippen LogP contribution in [0.1, 0.15) is 16.8 Å². The number of carbonyl (C=O) groups excluding carboxylic acids is 2. The smallest absolute Gasteiger partial charge is 0.338 e. The van der Waals surface area contributed by atoms with Crippen LogP contribution in [0.15, 0.2) is 12.1 Å². The van der Waals surface area contributed by atoms with E-state index in [0.29, 0.717) is 12.2 Å². The summed E-state index contributed by atoms with van der Waals surface area (Å²) in [5, 5.41) is 2.54. The van der Waals surface area contributed by atoms with Gasteiger partial charge >= 0.3 is 5.97 Å². The van der Waals surface area contributed by atoms with Gasteiger partial charge in [-0.2, -0.15) is 0 Å². The highest BCUT2D eigenvalue weighted by Crippen LogP contribution is 2.38. The number of methoxy groups -OCH3 is 3. The number of ether oxygens (including phenoxy) is 4. The number of hydrogen-bond acceptors (Lipinski definition) is 8. The lowest BCUT2D eigenvalue weighted by molar-refractivity contribution is -0.124. The van der Waals surface area contributed by atoms with Crippen molar-refractivity contribution >= 4 is 21.7 Å². The molecular formula is C16H21NO8S. The Kier molecular flexibility index (Phi) is 6.30. The zero-order valence-corrected chi connectivity index (χ0v) is 15.6. The normalized spacial score (nSPS) is 18.0. The number of hydrogen-bond donors (Lipinski definition) is 1. The van der Waals surface area contributed by atoms with Crippen LogP contribution in [0.5, 0.6) is 17.2 Å². The van der Waals surface area contributed by atoms with Gasteiger partial charge in [0.05, 0.1) is 38.4 Å². The molecule has 144 valence electrons. The maximum Gasteiger partial charge on any atom is 0.338 e. The molecule has 0 radical (unpaired) electrons. The summed E-state index contributed by atoms with van der Waals surface area (Å²) in [5.41, 5.74) is 0.121. The highest BCUT2D eigenvalue weighted by atomic mass is 32.2. The summed E-state index contributed by atoms with van der Waals surface area (Å²) in [5.74, 6) is -0.486. The Morgan fingerprint density at radius 3 is 2.19 bits per heavy atom. The fraction of sp³-hybridized carbons (Fsp3) is 0.500. The van der Waals surface area contributed by atoms with Crippen molar-refractivity contribution in [1.29, 1.82) is 0 Å². The van der Waals surface area contributed by atoms with Crippen LogP contribution in [0.4, 0.5) is 0 Å². The van der Waals surface area contributed by atoms with E-state index < -0.39 is 34.4 Å². The van der Waals surface area contributed by atoms with Crippen molar-refractivity contribution < 1.29 is 37.0 Å². The minimum atomic E-state index is -3.10. The molecule has 0 bridgehead atoms. The van der Waals surface area contributed by atoms with E-state index in [1.807, 2.05) is 0 Å². The van der Waals surface area contributed by atoms with Gasteiger partial charge in [-0.3, -0.25) is 4.79 Å². The Labute approximate surface area is 151 Å². The minimum Gasteiger partial charge on any atom is -0.493 e. The molecule has 1 saturated heterocycles. The molecule has 1 atom stereocenters. The molecule has 1 aliphatic rings. The first-order valence-corrected chi connectivity index (χ1v) is 9.58. The van der Waals surface area contributed by atoms with Crippen molar-refractivity contribution in [3.05, 3.63) is 17.7 Å². The number of nitrogens with one attached hydrogen (secondary N) is 1. The van der Waals surface area contributed by atoms with Gasteiger partial charge in [0.15, 0.2) is 27.9 Å². The van der Waals surface area contributed by atoms with Crippen molar-refractivity contribution in [2.24, 2.45) is 0 Å². The molecule has 0 saturated carbocycles. The third kappa shape index (κ3) is 4.78. The SMILES string of the molecule is COc1cc(C(=O)OCC(=O)NC2CCS(=O)(=O)C2)cc(OC)c1OC. The first kappa shape index (κ1) is 19.8. The number of carbonyl (C=O) groups is 2. The molecule has 26 heavy (non-hydrogen) atoms. The summed E-state index contributed by atoms with van der Waals surface area (Å²) in [6.07, 6.45) is 0.356. The summed E-state index contributed by atoms with van der Waals surface area (Å²) < 4.78 is 43.2. The molecule has 1 fully saturated rings. The number of sulfone groups is 1. The molecule has 0 aromatic heterocycles. The fourth-order valence-corrected chi connectivity index (χ4v) is 4.26. The maximum absolute atomic E-state index is 12.2. The molecule has 1 aromatic rings. The van der Waals surface area contributed by atoms with Crippen LogP contribution in [-0.2, 0) is 19.4 Å². The molecule has 1 aliphatic heterocycles. The zero-order valence-electron chi connectivity index (χ0n) is 14.7. The monoisotopic (exact) mass is 387 g/mol. The van der Waals surface area contributed by atoms with Crippen LogP contribution in [0, 0.1) is 0 Å². The van der Waals surface area contributed by atoms with E-state index in [1.165, 1.54) is 33.5 Å². The van der Waals surface area contributed by atoms with Gasteiger partial charge in [0, 0.05) is 6.04 Å². The molecule has 0 aliphatic carbocycles. The Morgan fingerprint density at radius 1 is 1.12 bits per heavy atom. The first-order chi connectivity index (χ1) is 12.3. The number of esters is 1. The van der Waals surface area contributed by atoms with Gasteiger partial charge in [0.1, 0.15) is 0 Å². The van der Waals surface area contributed by atoms with Gasteiger partial charge in [-0.05, 0) is 18.6 Å². The lowest BCUT2D eigenvalue weighted by Gasteiger charge is -2.14. The van der Waals surface area contributed by atoms with Gasteiger partial charge in [-0.15, -0.1) is 0 Å². The number of benzene rings is 1. The second-order valence-electron chi connectivity index (χ2n) is 5.66. The second-order valence-corrected chi connectivity index (χ2v) is 7.89. The van der Waals surface area contributed by atoms with Crippen LogP contribution in [0.3, 0.4) is 0 Å². The summed E-state index contributed by atoms with van der Waals surface area (Å²) in [4.78, 5) is 24.0. The van der Waals surface area contributed by atoms with Crippen LogP contribution < -0.4 is 19.5 Å². The van der Waals surface area contributed by atoms with Crippen molar-refractivity contribution in [3.63, 3.8) is 0 Å². The Balaban J connectivity index is 1.98. The second kappa shape index (κ2) is 8.26. The van der Waals surface area contributed by atoms with Crippen LogP contribution in [0.2, 0.25) is 0 Å². The largest absolute Gasteiger partial charge is 0.493 e. The minimum absolute atomic E-state index is 0.0448. The Hall–Kier alpha value is -2.49. The van der Waals surface area contributed by atoms with Gasteiger partial charge in [-0.25, -0.2) is 13.2 Å². The molecule has 10 heteroatoms. The fourth-order valence-electron chi connectivity index (χ4n) is 2.59. The summed E-state index contributed by atoms with van der Waals surface area (Å²) >= 11 is 0. The van der Waals surface area contributed by atoms with Crippen LogP contribution in [-0.4, -0.2) is 65.8 Å². The van der Waals surface area contributed by atoms with Crippen molar-refractivity contribution in [2.45, 2.75) is 12.5 Å². The lowest BCUT2D eigenvalue weighted by Crippen LogP contribution is -2.38. The average Bonchev–Trinajstić information content (AvgIpc) is 2.96. The van der Waals surface area contributed by atoms with Crippen molar-refractivity contribution in [1.82, 2.24) is 5.32 Å². The van der Waals surface area contributed by atoms with E-state index in [2.05, 4.69) is 5.32 Å². The number of rotatable bonds is 7. The predicted octanol–water partition coefficient (Wildman–Crippen LogP) is 0.173. The molecular weight excluding hydrogens is 366 g/mol. The molecule has 2 rings (SSSR count). The summed E-state index contributed by atoms with van der Waals surface area (Å²) in [7, 11) is 1.16. The van der Waals surface area contributed by atoms with Gasteiger partial charge in [0.2, 0.25) is 5.75 Å². The van der Waals surface area contributed by atoms with Crippen LogP contribution >= 0.6 is 0 Å². The predicted molar refractivity (Wildman–Crippen MR) is 91.6 cm³/mol. The molecule has 1 unspecified atom stereocenters. The van der Waals surface area contributed by atoms with Crippen molar-refractivity contribution in [2.75, 3.05) is 39.4 Å². The highest BCUT2D eigenvalue weighted by Gasteiger charge is 2.29. The average molecular weight is 387 g/mol. The standard InChI is InChI=1S/C16H21NO8S/c1-22-12-6-10(7-13(23-2)15(12)24-3)16(19)25-8-14(18)17-11-4-5-26(20,21)9-11/h6-7,11H,4-5,8-9H2,1-3H3,(H,17,18). The Bertz CT molecular complexity index is 764. The van der Waals surface area contributed by atoms with E-state index in [4.69, 9.17) is 18.9 Å². The first-order valence-electron chi connectivity index (χ1n) is 7.76. The van der Waals surface area contributed by atoms with Crippen molar-refractivity contribution in [3.8, 4) is 17.2 Å². The maximum atomic E-state index is 12.2. The molecule has 9 nitrogen and oxygen atoms in total. The van der Waals surface area contributed by atoms with E-state index in [0.717, 1.165) is 0 Å². The highest BCUT2D eigenvalue weighted by molar-refractivity contribution is 7.91. The molecule has 1 N–H and O–H groups in total. The van der Waals surface area contributed by atoms with E-state index in [1.54, 1.807) is 0 Å². The van der Waals surface area contributed by atoms with Gasteiger partial charge in [-0.1, -0.05) is 0 Å². The Morgan fingerprint density at radius 2 is 1.73 bits per heavy atom. The van der Waals surface area contributed by atoms with Gasteiger partial charge < -0.3 is 24.3 Å². The molecule has 0 spiro atoms. The quantitative estimate of drug-likeness (QED) is 0.658. The van der Waals surface area contributed by atoms with E-state index in [-0.39, 0.29) is 28.6 Å². The molecule has 1 heterocycles. The number of amides is 1. The topological polar surface area (TPSA) is 117 Å². The zero-order chi connectivity index (χ0) is 19.3. The third-order valence-corrected chi connectivity index (χ3v) is 5.60. The summed E-state index contributed by atoms with van der Waals surface area (Å²) in [6, 6.07) is 2.36. The molecule has 1 aromatic carbocycles. The summed E-state index contributed by atoms with van der Waals surface area (Å²) in [6.45, 7) is -0.522. The lowest BCUT2D eigenvalue weighted by atomic mass is 10.2. The van der Waals surface area contributed by atoms with E-state index >= 15 is 0 Å². The van der Waals surface area contributed by atoms with Crippen LogP contribution in [0.25, 0.3) is 0 Å². The van der Waals surface area contributed by atoms with E-state index in [9.17, 15) is 18.0 Å².